The molecule has 0 radical (unpaired) electrons. The number of nitrogens with zero attached hydrogens (tertiary/aromatic N) is 1. The van der Waals surface area contributed by atoms with Crippen LogP contribution in [0.25, 0.3) is 0 Å². The SMILES string of the molecule is COc1ccc(NC(=O)COc2c(I)cc(/C=N\NC(=O)C(=O)NCCCOC(C)C)cc2OC)cc1. The van der Waals surface area contributed by atoms with E-state index in [0.717, 1.165) is 0 Å². The van der Waals surface area contributed by atoms with Gasteiger partial charge >= 0.3 is 11.8 Å². The van der Waals surface area contributed by atoms with Crippen LogP contribution in [-0.4, -0.2) is 64.0 Å². The van der Waals surface area contributed by atoms with Gasteiger partial charge in [-0.2, -0.15) is 5.10 Å². The quantitative estimate of drug-likeness (QED) is 0.102. The van der Waals surface area contributed by atoms with Crippen molar-refractivity contribution in [3.63, 3.8) is 0 Å². The number of carbonyl (C=O) groups excluding carboxylic acids is 3. The summed E-state index contributed by atoms with van der Waals surface area (Å²) < 4.78 is 22.2. The average Bonchev–Trinajstić information content (AvgIpc) is 2.87. The van der Waals surface area contributed by atoms with Crippen LogP contribution in [0.2, 0.25) is 0 Å². The zero-order valence-electron chi connectivity index (χ0n) is 21.1. The van der Waals surface area contributed by atoms with Gasteiger partial charge in [0.05, 0.1) is 30.1 Å². The molecule has 0 atom stereocenters. The van der Waals surface area contributed by atoms with Crippen LogP contribution in [0.5, 0.6) is 17.2 Å². The molecule has 2 aromatic rings. The number of methoxy groups -OCH3 is 2. The van der Waals surface area contributed by atoms with Crippen molar-refractivity contribution in [2.45, 2.75) is 26.4 Å². The van der Waals surface area contributed by atoms with Crippen LogP contribution in [0.15, 0.2) is 41.5 Å². The molecule has 37 heavy (non-hydrogen) atoms. The predicted octanol–water partition coefficient (Wildman–Crippen LogP) is 2.71. The van der Waals surface area contributed by atoms with E-state index >= 15 is 0 Å². The van der Waals surface area contributed by atoms with E-state index in [1.165, 1.54) is 13.3 Å². The first-order valence-electron chi connectivity index (χ1n) is 11.4. The Balaban J connectivity index is 1.87. The van der Waals surface area contributed by atoms with E-state index < -0.39 is 11.8 Å². The lowest BCUT2D eigenvalue weighted by Gasteiger charge is -2.13. The van der Waals surface area contributed by atoms with E-state index in [2.05, 4.69) is 21.2 Å². The highest BCUT2D eigenvalue weighted by Gasteiger charge is 2.14. The molecule has 0 aliphatic carbocycles. The first kappa shape index (κ1) is 29.8. The minimum Gasteiger partial charge on any atom is -0.497 e. The normalized spacial score (nSPS) is 10.8. The molecule has 0 aliphatic heterocycles. The Morgan fingerprint density at radius 2 is 1.78 bits per heavy atom. The van der Waals surface area contributed by atoms with Gasteiger partial charge in [0.1, 0.15) is 5.75 Å². The van der Waals surface area contributed by atoms with E-state index in [1.807, 2.05) is 36.4 Å². The maximum atomic E-state index is 12.3. The number of anilines is 1. The lowest BCUT2D eigenvalue weighted by atomic mass is 10.2. The standard InChI is InChI=1S/C25H31IN4O7/c1-16(2)36-11-5-10-27-24(32)25(33)30-28-14-17-12-20(26)23(21(13-17)35-4)37-15-22(31)29-18-6-8-19(34-3)9-7-18/h6-9,12-14,16H,5,10-11,15H2,1-4H3,(H,27,32)(H,29,31)(H,30,33)/b28-14-. The molecule has 2 rings (SSSR count). The van der Waals surface area contributed by atoms with Gasteiger partial charge in [0.15, 0.2) is 18.1 Å². The van der Waals surface area contributed by atoms with Crippen molar-refractivity contribution in [2.75, 3.05) is 39.3 Å². The third-order valence-corrected chi connectivity index (χ3v) is 5.42. The summed E-state index contributed by atoms with van der Waals surface area (Å²) in [5, 5.41) is 9.07. The zero-order valence-corrected chi connectivity index (χ0v) is 23.3. The van der Waals surface area contributed by atoms with Crippen molar-refractivity contribution in [1.82, 2.24) is 10.7 Å². The summed E-state index contributed by atoms with van der Waals surface area (Å²) in [6.45, 7) is 4.42. The van der Waals surface area contributed by atoms with Crippen molar-refractivity contribution in [3.8, 4) is 17.2 Å². The Bertz CT molecular complexity index is 1090. The number of hydrazone groups is 1. The predicted molar refractivity (Wildman–Crippen MR) is 147 cm³/mol. The summed E-state index contributed by atoms with van der Waals surface area (Å²) in [4.78, 5) is 36.0. The van der Waals surface area contributed by atoms with Crippen molar-refractivity contribution >= 4 is 52.2 Å². The number of ether oxygens (including phenoxy) is 4. The molecule has 0 aliphatic rings. The number of carbonyl (C=O) groups is 3. The molecule has 2 aromatic carbocycles. The van der Waals surface area contributed by atoms with Crippen LogP contribution in [0.4, 0.5) is 5.69 Å². The molecule has 3 amide bonds. The molecule has 0 saturated heterocycles. The summed E-state index contributed by atoms with van der Waals surface area (Å²) in [6.07, 6.45) is 2.07. The largest absolute Gasteiger partial charge is 0.497 e. The third kappa shape index (κ3) is 10.6. The monoisotopic (exact) mass is 626 g/mol. The summed E-state index contributed by atoms with van der Waals surface area (Å²) >= 11 is 2.04. The fourth-order valence-corrected chi connectivity index (χ4v) is 3.63. The maximum Gasteiger partial charge on any atom is 0.329 e. The molecule has 0 bridgehead atoms. The van der Waals surface area contributed by atoms with Crippen molar-refractivity contribution in [1.29, 1.82) is 0 Å². The van der Waals surface area contributed by atoms with Crippen LogP contribution in [0, 0.1) is 3.57 Å². The van der Waals surface area contributed by atoms with E-state index in [4.69, 9.17) is 18.9 Å². The van der Waals surface area contributed by atoms with E-state index in [0.29, 0.717) is 51.6 Å². The van der Waals surface area contributed by atoms with Gasteiger partial charge in [-0.15, -0.1) is 0 Å². The number of nitrogens with one attached hydrogen (secondary N) is 3. The summed E-state index contributed by atoms with van der Waals surface area (Å²) in [6, 6.07) is 10.3. The molecule has 0 fully saturated rings. The topological polar surface area (TPSA) is 137 Å². The Labute approximate surface area is 229 Å². The van der Waals surface area contributed by atoms with Crippen LogP contribution in [-0.2, 0) is 19.1 Å². The minimum absolute atomic E-state index is 0.111. The lowest BCUT2D eigenvalue weighted by molar-refractivity contribution is -0.139. The van der Waals surface area contributed by atoms with E-state index in [1.54, 1.807) is 43.5 Å². The second-order valence-electron chi connectivity index (χ2n) is 7.83. The molecule has 0 saturated carbocycles. The molecule has 11 nitrogen and oxygen atoms in total. The Hall–Kier alpha value is -3.39. The molecule has 0 spiro atoms. The second kappa shape index (κ2) is 15.7. The van der Waals surface area contributed by atoms with Crippen molar-refractivity contribution < 1.29 is 33.3 Å². The van der Waals surface area contributed by atoms with Gasteiger partial charge in [0.25, 0.3) is 5.91 Å². The second-order valence-corrected chi connectivity index (χ2v) is 8.99. The van der Waals surface area contributed by atoms with Crippen LogP contribution in [0.1, 0.15) is 25.8 Å². The molecular formula is C25H31IN4O7. The van der Waals surface area contributed by atoms with Gasteiger partial charge in [-0.1, -0.05) is 0 Å². The number of hydrogen-bond acceptors (Lipinski definition) is 8. The minimum atomic E-state index is -0.884. The Morgan fingerprint density at radius 3 is 2.43 bits per heavy atom. The zero-order chi connectivity index (χ0) is 27.2. The first-order chi connectivity index (χ1) is 17.7. The van der Waals surface area contributed by atoms with E-state index in [9.17, 15) is 14.4 Å². The lowest BCUT2D eigenvalue weighted by Crippen LogP contribution is -2.38. The molecule has 0 aromatic heterocycles. The Kier molecular flexibility index (Phi) is 12.6. The smallest absolute Gasteiger partial charge is 0.329 e. The van der Waals surface area contributed by atoms with Gasteiger partial charge in [-0.3, -0.25) is 14.4 Å². The molecular weight excluding hydrogens is 595 g/mol. The number of rotatable bonds is 13. The van der Waals surface area contributed by atoms with Gasteiger partial charge in [-0.05, 0) is 84.8 Å². The highest BCUT2D eigenvalue weighted by molar-refractivity contribution is 14.1. The molecule has 0 unspecified atom stereocenters. The fraction of sp³-hybridized carbons (Fsp3) is 0.360. The number of halogens is 1. The van der Waals surface area contributed by atoms with Gasteiger partial charge < -0.3 is 29.6 Å². The first-order valence-corrected chi connectivity index (χ1v) is 12.5. The van der Waals surface area contributed by atoms with Crippen LogP contribution >= 0.6 is 22.6 Å². The highest BCUT2D eigenvalue weighted by atomic mass is 127. The average molecular weight is 626 g/mol. The van der Waals surface area contributed by atoms with Gasteiger partial charge in [-0.25, -0.2) is 5.43 Å². The van der Waals surface area contributed by atoms with Crippen molar-refractivity contribution in [2.24, 2.45) is 5.10 Å². The molecule has 3 N–H and O–H groups in total. The van der Waals surface area contributed by atoms with Crippen LogP contribution in [0.3, 0.4) is 0 Å². The fourth-order valence-electron chi connectivity index (χ4n) is 2.85. The van der Waals surface area contributed by atoms with Gasteiger partial charge in [0, 0.05) is 18.8 Å². The Morgan fingerprint density at radius 1 is 1.05 bits per heavy atom. The molecule has 0 heterocycles. The third-order valence-electron chi connectivity index (χ3n) is 4.62. The number of hydrogen-bond donors (Lipinski definition) is 3. The molecule has 12 heteroatoms. The number of amides is 3. The maximum absolute atomic E-state index is 12.3. The van der Waals surface area contributed by atoms with E-state index in [-0.39, 0.29) is 18.6 Å². The van der Waals surface area contributed by atoms with Gasteiger partial charge in [0.2, 0.25) is 0 Å². The summed E-state index contributed by atoms with van der Waals surface area (Å²) in [7, 11) is 3.03. The van der Waals surface area contributed by atoms with Crippen molar-refractivity contribution in [3.05, 3.63) is 45.5 Å². The molecule has 200 valence electrons. The highest BCUT2D eigenvalue weighted by Crippen LogP contribution is 2.33. The summed E-state index contributed by atoms with van der Waals surface area (Å²) in [5.41, 5.74) is 3.38. The number of benzene rings is 2. The summed E-state index contributed by atoms with van der Waals surface area (Å²) in [5.74, 6) is -0.575. The van der Waals surface area contributed by atoms with Crippen LogP contribution < -0.4 is 30.3 Å².